The number of carbonyl (C=O) groups is 1. The van der Waals surface area contributed by atoms with Gasteiger partial charge in [0.1, 0.15) is 17.9 Å². The van der Waals surface area contributed by atoms with Crippen LogP contribution in [0.5, 0.6) is 0 Å². The van der Waals surface area contributed by atoms with Crippen molar-refractivity contribution < 1.29 is 17.6 Å². The number of hydrogen-bond acceptors (Lipinski definition) is 4. The Hall–Kier alpha value is -1.98. The first-order valence-electron chi connectivity index (χ1n) is 10.9. The van der Waals surface area contributed by atoms with E-state index in [9.17, 15) is 17.6 Å². The molecule has 1 aliphatic heterocycles. The minimum atomic E-state index is -3.99. The van der Waals surface area contributed by atoms with Crippen molar-refractivity contribution in [1.82, 2.24) is 9.62 Å². The molecule has 0 aromatic heterocycles. The number of amides is 1. The highest BCUT2D eigenvalue weighted by Gasteiger charge is 2.49. The third-order valence-electron chi connectivity index (χ3n) is 7.71. The molecule has 0 radical (unpaired) electrons. The highest BCUT2D eigenvalue weighted by Crippen LogP contribution is 2.53. The molecule has 4 bridgehead atoms. The lowest BCUT2D eigenvalue weighted by molar-refractivity contribution is -0.128. The molecular weight excluding hydrogens is 405 g/mol. The van der Waals surface area contributed by atoms with Gasteiger partial charge in [-0.2, -0.15) is 9.57 Å². The van der Waals surface area contributed by atoms with Crippen molar-refractivity contribution in [3.8, 4) is 6.07 Å². The summed E-state index contributed by atoms with van der Waals surface area (Å²) in [6.07, 6.45) is 7.13. The van der Waals surface area contributed by atoms with Crippen LogP contribution >= 0.6 is 0 Å². The van der Waals surface area contributed by atoms with E-state index in [1.54, 1.807) is 6.07 Å². The predicted octanol–water partition coefficient (Wildman–Crippen LogP) is 2.79. The third-order valence-corrected chi connectivity index (χ3v) is 9.61. The smallest absolute Gasteiger partial charge is 0.243 e. The molecule has 1 aromatic rings. The van der Waals surface area contributed by atoms with E-state index < -0.39 is 21.9 Å². The van der Waals surface area contributed by atoms with Crippen LogP contribution in [0.15, 0.2) is 23.1 Å². The first kappa shape index (κ1) is 20.0. The van der Waals surface area contributed by atoms with E-state index in [2.05, 4.69) is 5.32 Å². The van der Waals surface area contributed by atoms with Gasteiger partial charge in [-0.15, -0.1) is 0 Å². The number of nitriles is 1. The van der Waals surface area contributed by atoms with Crippen molar-refractivity contribution in [2.75, 3.05) is 6.54 Å². The summed E-state index contributed by atoms with van der Waals surface area (Å²) in [5.74, 6) is 1.68. The maximum absolute atomic E-state index is 13.6. The topological polar surface area (TPSA) is 90.3 Å². The monoisotopic (exact) mass is 431 g/mol. The molecule has 4 saturated carbocycles. The molecule has 1 heterocycles. The Bertz CT molecular complexity index is 991. The number of sulfonamides is 1. The van der Waals surface area contributed by atoms with E-state index in [0.717, 1.165) is 30.0 Å². The highest BCUT2D eigenvalue weighted by atomic mass is 32.2. The Balaban J connectivity index is 1.35. The van der Waals surface area contributed by atoms with Crippen molar-refractivity contribution in [1.29, 1.82) is 5.26 Å². The Labute approximate surface area is 176 Å². The molecular formula is C22H26FN3O3S. The number of carbonyl (C=O) groups excluding carboxylic acids is 1. The van der Waals surface area contributed by atoms with Crippen LogP contribution in [0.25, 0.3) is 0 Å². The van der Waals surface area contributed by atoms with Crippen LogP contribution in [0.4, 0.5) is 4.39 Å². The second-order valence-corrected chi connectivity index (χ2v) is 11.4. The van der Waals surface area contributed by atoms with Gasteiger partial charge in [0.05, 0.1) is 10.5 Å². The molecule has 160 valence electrons. The van der Waals surface area contributed by atoms with Crippen molar-refractivity contribution in [3.05, 3.63) is 29.6 Å². The van der Waals surface area contributed by atoms with Crippen molar-refractivity contribution in [3.63, 3.8) is 0 Å². The van der Waals surface area contributed by atoms with Crippen molar-refractivity contribution in [2.24, 2.45) is 23.7 Å². The van der Waals surface area contributed by atoms with E-state index in [1.807, 2.05) is 0 Å². The fraction of sp³-hybridized carbons (Fsp3) is 0.636. The fourth-order valence-electron chi connectivity index (χ4n) is 6.60. The summed E-state index contributed by atoms with van der Waals surface area (Å²) in [6.45, 7) is 0.251. The summed E-state index contributed by atoms with van der Waals surface area (Å²) in [5, 5.41) is 12.3. The zero-order valence-electron chi connectivity index (χ0n) is 16.8. The van der Waals surface area contributed by atoms with E-state index in [-0.39, 0.29) is 29.0 Å². The molecule has 6 nitrogen and oxygen atoms in total. The van der Waals surface area contributed by atoms with Gasteiger partial charge >= 0.3 is 0 Å². The van der Waals surface area contributed by atoms with Crippen LogP contribution in [0.2, 0.25) is 0 Å². The molecule has 1 N–H and O–H groups in total. The Morgan fingerprint density at radius 2 is 1.80 bits per heavy atom. The van der Waals surface area contributed by atoms with Crippen molar-refractivity contribution >= 4 is 15.9 Å². The zero-order valence-corrected chi connectivity index (χ0v) is 17.6. The lowest BCUT2D eigenvalue weighted by Crippen LogP contribution is -2.58. The molecule has 5 aliphatic rings. The Kier molecular flexibility index (Phi) is 4.86. The van der Waals surface area contributed by atoms with E-state index in [1.165, 1.54) is 36.4 Å². The van der Waals surface area contributed by atoms with Crippen LogP contribution in [0.1, 0.15) is 50.5 Å². The lowest BCUT2D eigenvalue weighted by Gasteiger charge is -2.54. The molecule has 8 heteroatoms. The predicted molar refractivity (Wildman–Crippen MR) is 107 cm³/mol. The minimum Gasteiger partial charge on any atom is -0.351 e. The summed E-state index contributed by atoms with van der Waals surface area (Å²) >= 11 is 0. The van der Waals surface area contributed by atoms with E-state index >= 15 is 0 Å². The van der Waals surface area contributed by atoms with Crippen LogP contribution in [-0.4, -0.2) is 37.3 Å². The van der Waals surface area contributed by atoms with Crippen LogP contribution in [0, 0.1) is 40.8 Å². The quantitative estimate of drug-likeness (QED) is 0.794. The molecule has 1 atom stereocenters. The highest BCUT2D eigenvalue weighted by molar-refractivity contribution is 7.89. The molecule has 4 aliphatic carbocycles. The molecule has 5 fully saturated rings. The molecule has 0 spiro atoms. The van der Waals surface area contributed by atoms with E-state index in [0.29, 0.717) is 24.7 Å². The van der Waals surface area contributed by atoms with Crippen LogP contribution in [-0.2, 0) is 14.8 Å². The number of nitrogens with one attached hydrogen (secondary N) is 1. The van der Waals surface area contributed by atoms with Gasteiger partial charge in [0.15, 0.2) is 0 Å². The second-order valence-electron chi connectivity index (χ2n) is 9.49. The third kappa shape index (κ3) is 3.23. The average molecular weight is 432 g/mol. The van der Waals surface area contributed by atoms with Gasteiger partial charge in [-0.05, 0) is 86.8 Å². The van der Waals surface area contributed by atoms with Gasteiger partial charge in [0, 0.05) is 12.6 Å². The fourth-order valence-corrected chi connectivity index (χ4v) is 8.28. The Morgan fingerprint density at radius 1 is 1.13 bits per heavy atom. The number of hydrogen-bond donors (Lipinski definition) is 1. The summed E-state index contributed by atoms with van der Waals surface area (Å²) < 4.78 is 41.2. The van der Waals surface area contributed by atoms with Gasteiger partial charge in [0.25, 0.3) is 0 Å². The van der Waals surface area contributed by atoms with Gasteiger partial charge in [-0.1, -0.05) is 0 Å². The largest absolute Gasteiger partial charge is 0.351 e. The van der Waals surface area contributed by atoms with Gasteiger partial charge in [-0.3, -0.25) is 4.79 Å². The van der Waals surface area contributed by atoms with Gasteiger partial charge < -0.3 is 5.32 Å². The molecule has 1 amide bonds. The average Bonchev–Trinajstić information content (AvgIpc) is 3.21. The molecule has 0 unspecified atom stereocenters. The van der Waals surface area contributed by atoms with Crippen LogP contribution in [0.3, 0.4) is 0 Å². The number of benzene rings is 1. The second kappa shape index (κ2) is 7.31. The molecule has 1 aromatic carbocycles. The molecule has 30 heavy (non-hydrogen) atoms. The summed E-state index contributed by atoms with van der Waals surface area (Å²) in [6, 6.07) is 4.30. The maximum atomic E-state index is 13.6. The zero-order chi connectivity index (χ0) is 21.0. The normalized spacial score (nSPS) is 35.3. The van der Waals surface area contributed by atoms with Gasteiger partial charge in [0.2, 0.25) is 15.9 Å². The van der Waals surface area contributed by atoms with Crippen LogP contribution < -0.4 is 5.32 Å². The first-order valence-corrected chi connectivity index (χ1v) is 12.3. The lowest BCUT2D eigenvalue weighted by atomic mass is 9.54. The number of nitrogens with zero attached hydrogens (tertiary/aromatic N) is 2. The summed E-state index contributed by atoms with van der Waals surface area (Å²) in [5.41, 5.74) is -0.315. The summed E-state index contributed by atoms with van der Waals surface area (Å²) in [4.78, 5) is 13.0. The number of halogens is 1. The SMILES string of the molecule is N#Cc1cc(S(=O)(=O)N2CCC[C@@H]2C(=O)NC2C3CC4CC(C3)CC2C4)ccc1F. The van der Waals surface area contributed by atoms with Gasteiger partial charge in [-0.25, -0.2) is 12.8 Å². The first-order chi connectivity index (χ1) is 14.4. The maximum Gasteiger partial charge on any atom is 0.243 e. The Morgan fingerprint density at radius 3 is 2.43 bits per heavy atom. The number of rotatable bonds is 4. The molecule has 1 saturated heterocycles. The standard InChI is InChI=1S/C22H26FN3O3S/c23-19-4-3-18(11-17(19)12-24)30(28,29)26-5-1-2-20(26)22(27)25-21-15-7-13-6-14(9-15)10-16(21)8-13/h3-4,11,13-16,20-21H,1-2,5-10H2,(H,25,27)/t13?,14?,15?,16?,20-,21?/m1/s1. The minimum absolute atomic E-state index is 0.144. The molecule has 6 rings (SSSR count). The van der Waals surface area contributed by atoms with Crippen molar-refractivity contribution in [2.45, 2.75) is 61.9 Å². The van der Waals surface area contributed by atoms with E-state index in [4.69, 9.17) is 5.26 Å². The summed E-state index contributed by atoms with van der Waals surface area (Å²) in [7, 11) is -3.99.